The first-order valence-corrected chi connectivity index (χ1v) is 6.84. The van der Waals surface area contributed by atoms with E-state index in [1.807, 2.05) is 0 Å². The average Bonchev–Trinajstić information content (AvgIpc) is 3.19. The molecule has 4 rings (SSSR count). The molecule has 0 amide bonds. The van der Waals surface area contributed by atoms with Crippen molar-refractivity contribution in [1.82, 2.24) is 14.9 Å². The van der Waals surface area contributed by atoms with Gasteiger partial charge in [0.25, 0.3) is 0 Å². The summed E-state index contributed by atoms with van der Waals surface area (Å²) >= 11 is 0. The van der Waals surface area contributed by atoms with Gasteiger partial charge in [0.1, 0.15) is 5.65 Å². The predicted molar refractivity (Wildman–Crippen MR) is 68.4 cm³/mol. The summed E-state index contributed by atoms with van der Waals surface area (Å²) in [5.41, 5.74) is 2.27. The average molecular weight is 281 g/mol. The van der Waals surface area contributed by atoms with Crippen molar-refractivity contribution in [2.75, 3.05) is 6.54 Å². The summed E-state index contributed by atoms with van der Waals surface area (Å²) in [7, 11) is 0. The Kier molecular flexibility index (Phi) is 2.42. The quantitative estimate of drug-likeness (QED) is 0.870. The number of fused-ring (bicyclic) bond motifs is 3. The molecule has 1 fully saturated rings. The molecular formula is C14H14F3N3. The molecule has 6 heteroatoms. The van der Waals surface area contributed by atoms with E-state index in [1.165, 1.54) is 6.07 Å². The highest BCUT2D eigenvalue weighted by molar-refractivity contribution is 5.84. The summed E-state index contributed by atoms with van der Waals surface area (Å²) in [5.74, 6) is 0.416. The van der Waals surface area contributed by atoms with Crippen molar-refractivity contribution in [1.29, 1.82) is 0 Å². The van der Waals surface area contributed by atoms with E-state index in [1.54, 1.807) is 0 Å². The van der Waals surface area contributed by atoms with Crippen LogP contribution in [0.5, 0.6) is 0 Å². The van der Waals surface area contributed by atoms with Gasteiger partial charge < -0.3 is 9.88 Å². The fourth-order valence-electron chi connectivity index (χ4n) is 3.11. The maximum atomic E-state index is 12.9. The van der Waals surface area contributed by atoms with Crippen LogP contribution in [0.15, 0.2) is 12.3 Å². The number of hydrogen-bond acceptors (Lipinski definition) is 2. The summed E-state index contributed by atoms with van der Waals surface area (Å²) < 4.78 is 40.7. The summed E-state index contributed by atoms with van der Waals surface area (Å²) in [6.07, 6.45) is -1.23. The van der Waals surface area contributed by atoms with Crippen LogP contribution in [0, 0.1) is 0 Å². The second kappa shape index (κ2) is 3.97. The molecule has 3 heterocycles. The predicted octanol–water partition coefficient (Wildman–Crippen LogP) is 3.04. The van der Waals surface area contributed by atoms with Gasteiger partial charge in [-0.2, -0.15) is 13.2 Å². The maximum absolute atomic E-state index is 12.9. The van der Waals surface area contributed by atoms with E-state index < -0.39 is 11.7 Å². The first-order chi connectivity index (χ1) is 9.55. The molecule has 0 bridgehead atoms. The Bertz CT molecular complexity index is 683. The summed E-state index contributed by atoms with van der Waals surface area (Å²) in [4.78, 5) is 4.11. The van der Waals surface area contributed by atoms with Crippen LogP contribution in [0.1, 0.15) is 35.6 Å². The molecule has 0 spiro atoms. The Labute approximate surface area is 113 Å². The van der Waals surface area contributed by atoms with Crippen molar-refractivity contribution in [3.05, 3.63) is 29.1 Å². The Morgan fingerprint density at radius 1 is 1.30 bits per heavy atom. The lowest BCUT2D eigenvalue weighted by molar-refractivity contribution is -0.137. The number of aromatic nitrogens is 2. The van der Waals surface area contributed by atoms with Crippen molar-refractivity contribution >= 4 is 11.0 Å². The third-order valence-electron chi connectivity index (χ3n) is 4.17. The molecular weight excluding hydrogens is 267 g/mol. The first kappa shape index (κ1) is 12.2. The van der Waals surface area contributed by atoms with Crippen molar-refractivity contribution < 1.29 is 13.2 Å². The van der Waals surface area contributed by atoms with Gasteiger partial charge in [0.05, 0.1) is 5.56 Å². The van der Waals surface area contributed by atoms with Crippen LogP contribution >= 0.6 is 0 Å². The number of pyridine rings is 1. The van der Waals surface area contributed by atoms with Gasteiger partial charge in [-0.25, -0.2) is 4.98 Å². The molecule has 2 aliphatic rings. The lowest BCUT2D eigenvalue weighted by atomic mass is 10.1. The molecule has 0 unspecified atom stereocenters. The van der Waals surface area contributed by atoms with Crippen LogP contribution in [0.2, 0.25) is 0 Å². The largest absolute Gasteiger partial charge is 0.417 e. The zero-order chi connectivity index (χ0) is 13.9. The van der Waals surface area contributed by atoms with Gasteiger partial charge in [0, 0.05) is 36.9 Å². The van der Waals surface area contributed by atoms with E-state index in [4.69, 9.17) is 0 Å². The fourth-order valence-corrected chi connectivity index (χ4v) is 3.11. The molecule has 2 aromatic rings. The molecule has 0 saturated heterocycles. The normalized spacial score (nSPS) is 19.4. The summed E-state index contributed by atoms with van der Waals surface area (Å²) in [6, 6.07) is 1.28. The lowest BCUT2D eigenvalue weighted by Gasteiger charge is -2.18. The van der Waals surface area contributed by atoms with E-state index in [9.17, 15) is 13.2 Å². The molecule has 1 N–H and O–H groups in total. The summed E-state index contributed by atoms with van der Waals surface area (Å²) in [5, 5.41) is 3.99. The van der Waals surface area contributed by atoms with Gasteiger partial charge in [-0.1, -0.05) is 0 Å². The van der Waals surface area contributed by atoms with Crippen LogP contribution in [0.25, 0.3) is 11.0 Å². The number of alkyl halides is 3. The van der Waals surface area contributed by atoms with E-state index in [0.29, 0.717) is 17.0 Å². The standard InChI is InChI=1S/C14H14F3N3/c15-14(16,17)9-5-10-12(8-1-2-8)11-7-18-3-4-20(11)13(10)19-6-9/h5-6,8,18H,1-4,7H2. The molecule has 0 atom stereocenters. The third-order valence-corrected chi connectivity index (χ3v) is 4.17. The topological polar surface area (TPSA) is 29.9 Å². The molecule has 3 nitrogen and oxygen atoms in total. The second-order valence-corrected chi connectivity index (χ2v) is 5.56. The first-order valence-electron chi connectivity index (χ1n) is 6.84. The number of nitrogens with zero attached hydrogens (tertiary/aromatic N) is 2. The third kappa shape index (κ3) is 1.74. The smallest absolute Gasteiger partial charge is 0.327 e. The molecule has 20 heavy (non-hydrogen) atoms. The highest BCUT2D eigenvalue weighted by Crippen LogP contribution is 2.47. The van der Waals surface area contributed by atoms with Crippen LogP contribution in [-0.2, 0) is 19.3 Å². The Morgan fingerprint density at radius 3 is 2.80 bits per heavy atom. The van der Waals surface area contributed by atoms with Gasteiger partial charge in [-0.15, -0.1) is 0 Å². The van der Waals surface area contributed by atoms with Gasteiger partial charge in [-0.05, 0) is 30.4 Å². The molecule has 0 radical (unpaired) electrons. The molecule has 1 saturated carbocycles. The van der Waals surface area contributed by atoms with Crippen molar-refractivity contribution in [3.8, 4) is 0 Å². The van der Waals surface area contributed by atoms with Crippen molar-refractivity contribution in [3.63, 3.8) is 0 Å². The van der Waals surface area contributed by atoms with Crippen molar-refractivity contribution in [2.45, 2.75) is 38.0 Å². The zero-order valence-corrected chi connectivity index (χ0v) is 10.8. The number of hydrogen-bond donors (Lipinski definition) is 1. The molecule has 106 valence electrons. The SMILES string of the molecule is FC(F)(F)c1cnc2c(c1)c(C1CC1)c1n2CCNC1. The van der Waals surface area contributed by atoms with Crippen LogP contribution in [0.4, 0.5) is 13.2 Å². The molecule has 0 aromatic carbocycles. The van der Waals surface area contributed by atoms with E-state index >= 15 is 0 Å². The Balaban J connectivity index is 1.99. The van der Waals surface area contributed by atoms with Gasteiger partial charge in [0.15, 0.2) is 0 Å². The van der Waals surface area contributed by atoms with Crippen molar-refractivity contribution in [2.24, 2.45) is 0 Å². The van der Waals surface area contributed by atoms with Crippen LogP contribution < -0.4 is 5.32 Å². The minimum Gasteiger partial charge on any atom is -0.327 e. The minimum absolute atomic E-state index is 0.416. The molecule has 2 aromatic heterocycles. The van der Waals surface area contributed by atoms with Gasteiger partial charge in [-0.3, -0.25) is 0 Å². The minimum atomic E-state index is -4.33. The zero-order valence-electron chi connectivity index (χ0n) is 10.8. The van der Waals surface area contributed by atoms with E-state index in [2.05, 4.69) is 14.9 Å². The van der Waals surface area contributed by atoms with E-state index in [0.717, 1.165) is 49.9 Å². The number of rotatable bonds is 1. The Morgan fingerprint density at radius 2 is 2.10 bits per heavy atom. The summed E-state index contributed by atoms with van der Waals surface area (Å²) in [6.45, 7) is 2.34. The monoisotopic (exact) mass is 281 g/mol. The molecule has 1 aliphatic heterocycles. The van der Waals surface area contributed by atoms with Gasteiger partial charge in [0.2, 0.25) is 0 Å². The second-order valence-electron chi connectivity index (χ2n) is 5.56. The highest BCUT2D eigenvalue weighted by Gasteiger charge is 2.35. The number of nitrogens with one attached hydrogen (secondary N) is 1. The maximum Gasteiger partial charge on any atom is 0.417 e. The lowest BCUT2D eigenvalue weighted by Crippen LogP contribution is -2.28. The van der Waals surface area contributed by atoms with Crippen LogP contribution in [-0.4, -0.2) is 16.1 Å². The Hall–Kier alpha value is -1.56. The fraction of sp³-hybridized carbons (Fsp3) is 0.500. The van der Waals surface area contributed by atoms with E-state index in [-0.39, 0.29) is 0 Å². The molecule has 1 aliphatic carbocycles. The number of halogens is 3. The highest BCUT2D eigenvalue weighted by atomic mass is 19.4. The van der Waals surface area contributed by atoms with Gasteiger partial charge >= 0.3 is 6.18 Å². The van der Waals surface area contributed by atoms with Crippen LogP contribution in [0.3, 0.4) is 0 Å².